The van der Waals surface area contributed by atoms with Gasteiger partial charge in [-0.05, 0) is 38.0 Å². The number of hydrogen-bond donors (Lipinski definition) is 1. The quantitative estimate of drug-likeness (QED) is 0.741. The first kappa shape index (κ1) is 14.0. The number of rotatable bonds is 7. The molecule has 96 valence electrons. The molecule has 1 aromatic rings. The fourth-order valence-electron chi connectivity index (χ4n) is 1.34. The highest BCUT2D eigenvalue weighted by molar-refractivity contribution is 5.27. The Kier molecular flexibility index (Phi) is 5.45. The van der Waals surface area contributed by atoms with Gasteiger partial charge in [-0.2, -0.15) is 0 Å². The van der Waals surface area contributed by atoms with E-state index in [9.17, 15) is 0 Å². The van der Waals surface area contributed by atoms with E-state index in [2.05, 4.69) is 19.1 Å². The predicted octanol–water partition coefficient (Wildman–Crippen LogP) is 2.42. The second kappa shape index (κ2) is 6.62. The number of ether oxygens (including phenoxy) is 2. The summed E-state index contributed by atoms with van der Waals surface area (Å²) in [5.74, 6) is 0.854. The highest BCUT2D eigenvalue weighted by Crippen LogP contribution is 2.13. The summed E-state index contributed by atoms with van der Waals surface area (Å²) < 4.78 is 11.0. The molecule has 1 N–H and O–H groups in total. The van der Waals surface area contributed by atoms with Gasteiger partial charge in [0.15, 0.2) is 0 Å². The van der Waals surface area contributed by atoms with Gasteiger partial charge in [-0.3, -0.25) is 0 Å². The van der Waals surface area contributed by atoms with Crippen LogP contribution in [-0.4, -0.2) is 30.5 Å². The Labute approximate surface area is 103 Å². The molecule has 1 aromatic carbocycles. The lowest BCUT2D eigenvalue weighted by molar-refractivity contribution is -0.0617. The average Bonchev–Trinajstić information content (AvgIpc) is 2.35. The zero-order chi connectivity index (χ0) is 12.7. The first-order valence-corrected chi connectivity index (χ1v) is 6.04. The van der Waals surface area contributed by atoms with Gasteiger partial charge in [-0.1, -0.05) is 19.1 Å². The van der Waals surface area contributed by atoms with Crippen LogP contribution in [0.5, 0.6) is 5.75 Å². The van der Waals surface area contributed by atoms with E-state index in [0.29, 0.717) is 13.2 Å². The smallest absolute Gasteiger partial charge is 0.119 e. The number of hydrogen-bond acceptors (Lipinski definition) is 3. The van der Waals surface area contributed by atoms with Gasteiger partial charge in [0.2, 0.25) is 0 Å². The molecule has 17 heavy (non-hydrogen) atoms. The summed E-state index contributed by atoms with van der Waals surface area (Å²) in [5, 5.41) is 9.00. The van der Waals surface area contributed by atoms with Crippen molar-refractivity contribution in [2.24, 2.45) is 0 Å². The molecule has 0 aliphatic heterocycles. The summed E-state index contributed by atoms with van der Waals surface area (Å²) in [4.78, 5) is 0. The van der Waals surface area contributed by atoms with Gasteiger partial charge < -0.3 is 14.6 Å². The summed E-state index contributed by atoms with van der Waals surface area (Å²) in [5.41, 5.74) is 0.810. The minimum atomic E-state index is -0.491. The number of aliphatic hydroxyl groups excluding tert-OH is 1. The number of aryl methyl sites for hydroxylation is 1. The SMILES string of the molecule is CCc1ccc(OCCOC(C)(C)CO)cc1. The first-order valence-electron chi connectivity index (χ1n) is 6.04. The summed E-state index contributed by atoms with van der Waals surface area (Å²) in [6.45, 7) is 6.81. The third-order valence-electron chi connectivity index (χ3n) is 2.56. The van der Waals surface area contributed by atoms with E-state index in [-0.39, 0.29) is 6.61 Å². The molecule has 0 aliphatic rings. The Bertz CT molecular complexity index is 317. The summed E-state index contributed by atoms with van der Waals surface area (Å²) in [6, 6.07) is 8.06. The van der Waals surface area contributed by atoms with Crippen molar-refractivity contribution in [2.45, 2.75) is 32.8 Å². The van der Waals surface area contributed by atoms with Crippen LogP contribution in [0.2, 0.25) is 0 Å². The zero-order valence-electron chi connectivity index (χ0n) is 10.9. The molecule has 0 atom stereocenters. The molecular formula is C14H22O3. The van der Waals surface area contributed by atoms with Crippen molar-refractivity contribution in [3.63, 3.8) is 0 Å². The normalized spacial score (nSPS) is 11.5. The monoisotopic (exact) mass is 238 g/mol. The Morgan fingerprint density at radius 2 is 1.76 bits per heavy atom. The summed E-state index contributed by atoms with van der Waals surface area (Å²) in [6.07, 6.45) is 1.04. The van der Waals surface area contributed by atoms with Gasteiger partial charge in [0.05, 0.1) is 18.8 Å². The Balaban J connectivity index is 2.26. The van der Waals surface area contributed by atoms with Crippen LogP contribution in [0, 0.1) is 0 Å². The molecule has 0 fully saturated rings. The van der Waals surface area contributed by atoms with Crippen LogP contribution in [-0.2, 0) is 11.2 Å². The molecule has 0 radical (unpaired) electrons. The molecular weight excluding hydrogens is 216 g/mol. The van der Waals surface area contributed by atoms with Crippen LogP contribution in [0.25, 0.3) is 0 Å². The van der Waals surface area contributed by atoms with E-state index < -0.39 is 5.60 Å². The van der Waals surface area contributed by atoms with Crippen LogP contribution in [0.3, 0.4) is 0 Å². The van der Waals surface area contributed by atoms with Crippen LogP contribution < -0.4 is 4.74 Å². The highest BCUT2D eigenvalue weighted by atomic mass is 16.5. The Morgan fingerprint density at radius 1 is 1.12 bits per heavy atom. The summed E-state index contributed by atoms with van der Waals surface area (Å²) in [7, 11) is 0. The Morgan fingerprint density at radius 3 is 2.29 bits per heavy atom. The third kappa shape index (κ3) is 5.20. The van der Waals surface area contributed by atoms with Crippen molar-refractivity contribution in [3.8, 4) is 5.75 Å². The predicted molar refractivity (Wildman–Crippen MR) is 68.4 cm³/mol. The van der Waals surface area contributed by atoms with Crippen molar-refractivity contribution in [1.82, 2.24) is 0 Å². The minimum Gasteiger partial charge on any atom is -0.491 e. The van der Waals surface area contributed by atoms with E-state index >= 15 is 0 Å². The van der Waals surface area contributed by atoms with Gasteiger partial charge in [0.1, 0.15) is 12.4 Å². The fraction of sp³-hybridized carbons (Fsp3) is 0.571. The lowest BCUT2D eigenvalue weighted by Crippen LogP contribution is -2.30. The molecule has 1 rings (SSSR count). The summed E-state index contributed by atoms with van der Waals surface area (Å²) >= 11 is 0. The second-order valence-corrected chi connectivity index (χ2v) is 4.61. The molecule has 0 saturated carbocycles. The standard InChI is InChI=1S/C14H22O3/c1-4-12-5-7-13(8-6-12)16-9-10-17-14(2,3)11-15/h5-8,15H,4,9-11H2,1-3H3. The van der Waals surface area contributed by atoms with Crippen molar-refractivity contribution in [2.75, 3.05) is 19.8 Å². The molecule has 3 heteroatoms. The van der Waals surface area contributed by atoms with E-state index in [4.69, 9.17) is 14.6 Å². The van der Waals surface area contributed by atoms with Gasteiger partial charge in [-0.15, -0.1) is 0 Å². The van der Waals surface area contributed by atoms with E-state index in [1.54, 1.807) is 0 Å². The molecule has 0 aliphatic carbocycles. The highest BCUT2D eigenvalue weighted by Gasteiger charge is 2.15. The lowest BCUT2D eigenvalue weighted by atomic mass is 10.1. The van der Waals surface area contributed by atoms with Gasteiger partial charge in [-0.25, -0.2) is 0 Å². The maximum atomic E-state index is 9.00. The molecule has 0 aromatic heterocycles. The fourth-order valence-corrected chi connectivity index (χ4v) is 1.34. The van der Waals surface area contributed by atoms with Gasteiger partial charge in [0, 0.05) is 0 Å². The molecule has 3 nitrogen and oxygen atoms in total. The van der Waals surface area contributed by atoms with Crippen LogP contribution >= 0.6 is 0 Å². The van der Waals surface area contributed by atoms with E-state index in [1.807, 2.05) is 26.0 Å². The van der Waals surface area contributed by atoms with Gasteiger partial charge in [0.25, 0.3) is 0 Å². The zero-order valence-corrected chi connectivity index (χ0v) is 10.9. The van der Waals surface area contributed by atoms with Crippen molar-refractivity contribution >= 4 is 0 Å². The first-order chi connectivity index (χ1) is 8.07. The van der Waals surface area contributed by atoms with E-state index in [0.717, 1.165) is 12.2 Å². The van der Waals surface area contributed by atoms with Crippen molar-refractivity contribution < 1.29 is 14.6 Å². The Hall–Kier alpha value is -1.06. The largest absolute Gasteiger partial charge is 0.491 e. The average molecular weight is 238 g/mol. The van der Waals surface area contributed by atoms with Gasteiger partial charge >= 0.3 is 0 Å². The topological polar surface area (TPSA) is 38.7 Å². The van der Waals surface area contributed by atoms with Crippen molar-refractivity contribution in [3.05, 3.63) is 29.8 Å². The molecule has 0 unspecified atom stereocenters. The molecule has 0 spiro atoms. The molecule has 0 amide bonds. The maximum absolute atomic E-state index is 9.00. The number of aliphatic hydroxyl groups is 1. The maximum Gasteiger partial charge on any atom is 0.119 e. The van der Waals surface area contributed by atoms with Crippen molar-refractivity contribution in [1.29, 1.82) is 0 Å². The molecule has 0 bridgehead atoms. The van der Waals surface area contributed by atoms with Crippen LogP contribution in [0.4, 0.5) is 0 Å². The van der Waals surface area contributed by atoms with E-state index in [1.165, 1.54) is 5.56 Å². The lowest BCUT2D eigenvalue weighted by Gasteiger charge is -2.22. The van der Waals surface area contributed by atoms with Crippen LogP contribution in [0.15, 0.2) is 24.3 Å². The van der Waals surface area contributed by atoms with Crippen LogP contribution in [0.1, 0.15) is 26.3 Å². The third-order valence-corrected chi connectivity index (χ3v) is 2.56. The molecule has 0 heterocycles. The molecule has 0 saturated heterocycles. The number of benzene rings is 1. The second-order valence-electron chi connectivity index (χ2n) is 4.61. The minimum absolute atomic E-state index is 0.0121.